The molecular formula is C82H141NO8P+. The number of carbonyl (C=O) groups excluding carboxylic acids is 2. The van der Waals surface area contributed by atoms with Crippen LogP contribution in [0, 0.1) is 0 Å². The second kappa shape index (κ2) is 71.2. The van der Waals surface area contributed by atoms with E-state index in [0.717, 1.165) is 128 Å². The zero-order valence-electron chi connectivity index (χ0n) is 60.0. The van der Waals surface area contributed by atoms with Crippen molar-refractivity contribution in [2.24, 2.45) is 0 Å². The van der Waals surface area contributed by atoms with Crippen molar-refractivity contribution in [1.82, 2.24) is 0 Å². The minimum Gasteiger partial charge on any atom is -0.462 e. The number of phosphoric ester groups is 1. The Morgan fingerprint density at radius 2 is 0.587 bits per heavy atom. The third-order valence-electron chi connectivity index (χ3n) is 15.9. The number of rotatable bonds is 68. The van der Waals surface area contributed by atoms with Crippen LogP contribution < -0.4 is 0 Å². The van der Waals surface area contributed by atoms with Gasteiger partial charge in [0.25, 0.3) is 0 Å². The summed E-state index contributed by atoms with van der Waals surface area (Å²) >= 11 is 0. The minimum absolute atomic E-state index is 0.0222. The highest BCUT2D eigenvalue weighted by Crippen LogP contribution is 2.43. The van der Waals surface area contributed by atoms with Gasteiger partial charge in [-0.3, -0.25) is 18.6 Å². The Hall–Kier alpha value is -4.11. The molecule has 0 aliphatic carbocycles. The molecular weight excluding hydrogens is 1160 g/mol. The van der Waals surface area contributed by atoms with E-state index in [1.807, 2.05) is 21.1 Å². The van der Waals surface area contributed by atoms with Gasteiger partial charge in [0.2, 0.25) is 0 Å². The number of allylic oxidation sites excluding steroid dienone is 24. The molecule has 10 heteroatoms. The normalized spacial score (nSPS) is 13.9. The summed E-state index contributed by atoms with van der Waals surface area (Å²) in [5.41, 5.74) is 0. The molecule has 0 aromatic rings. The van der Waals surface area contributed by atoms with Gasteiger partial charge < -0.3 is 18.9 Å². The lowest BCUT2D eigenvalue weighted by atomic mass is 10.0. The summed E-state index contributed by atoms with van der Waals surface area (Å²) < 4.78 is 34.7. The first kappa shape index (κ1) is 87.9. The van der Waals surface area contributed by atoms with Gasteiger partial charge in [-0.1, -0.05) is 327 Å². The van der Waals surface area contributed by atoms with Crippen molar-refractivity contribution >= 4 is 19.8 Å². The standard InChI is InChI=1S/C82H140NO8P/c1-6-8-10-12-14-16-18-20-22-24-26-28-30-32-34-35-36-37-38-39-40-41-42-43-44-45-46-47-49-50-52-54-56-58-60-62-64-66-68-70-72-74-81(84)88-78-80(79-90-92(86,87)89-77-76-83(3,4)5)91-82(85)75-73-71-69-67-65-63-61-59-57-55-53-51-48-33-31-29-27-25-23-21-19-17-15-13-11-9-7-2/h8-11,14-17,20-23,26-29,32-34,48,53,55,59,61,80H,6-7,12-13,18-19,24-25,30-31,35-47,49-52,54,56-58,60,62-79H2,1-5H3/p+1/b10-8-,11-9-,16-14-,17-15-,22-20-,23-21-,28-26-,29-27-,34-32-,48-33-,55-53-,61-59-. The van der Waals surface area contributed by atoms with Crippen LogP contribution in [0.1, 0.15) is 309 Å². The van der Waals surface area contributed by atoms with Crippen LogP contribution in [0.2, 0.25) is 0 Å². The van der Waals surface area contributed by atoms with Crippen molar-refractivity contribution in [2.75, 3.05) is 47.5 Å². The fraction of sp³-hybridized carbons (Fsp3) is 0.683. The highest BCUT2D eigenvalue weighted by Gasteiger charge is 2.27. The number of quaternary nitrogens is 1. The summed E-state index contributed by atoms with van der Waals surface area (Å²) in [7, 11) is 1.46. The van der Waals surface area contributed by atoms with Crippen molar-refractivity contribution in [3.8, 4) is 0 Å². The van der Waals surface area contributed by atoms with Gasteiger partial charge in [0, 0.05) is 12.8 Å². The Balaban J connectivity index is 3.99. The van der Waals surface area contributed by atoms with E-state index in [-0.39, 0.29) is 32.0 Å². The third-order valence-corrected chi connectivity index (χ3v) is 16.8. The van der Waals surface area contributed by atoms with Crippen LogP contribution in [-0.2, 0) is 32.7 Å². The Morgan fingerprint density at radius 1 is 0.337 bits per heavy atom. The van der Waals surface area contributed by atoms with E-state index >= 15 is 0 Å². The molecule has 0 aliphatic rings. The van der Waals surface area contributed by atoms with Crippen LogP contribution in [0.3, 0.4) is 0 Å². The molecule has 0 bridgehead atoms. The molecule has 2 atom stereocenters. The highest BCUT2D eigenvalue weighted by molar-refractivity contribution is 7.47. The van der Waals surface area contributed by atoms with Crippen LogP contribution in [0.15, 0.2) is 146 Å². The van der Waals surface area contributed by atoms with Crippen LogP contribution in [0.4, 0.5) is 0 Å². The second-order valence-corrected chi connectivity index (χ2v) is 27.4. The molecule has 0 aliphatic heterocycles. The van der Waals surface area contributed by atoms with Gasteiger partial charge in [0.15, 0.2) is 6.10 Å². The first-order chi connectivity index (χ1) is 45.0. The number of esters is 2. The molecule has 9 nitrogen and oxygen atoms in total. The van der Waals surface area contributed by atoms with E-state index in [2.05, 4.69) is 160 Å². The SMILES string of the molecule is CC/C=C\C/C=C\C/C=C\C/C=C\C/C=C\C/C=C\C/C=C\CCCCCCCC(=O)OC(COC(=O)CCCCCCCCCCCCCCCCCCCCCCCCCCC/C=C\C/C=C\C/C=C\C/C=C\C/C=C\CC)COP(=O)(O)OCC[N+](C)(C)C. The maximum Gasteiger partial charge on any atom is 0.472 e. The molecule has 0 saturated heterocycles. The summed E-state index contributed by atoms with van der Waals surface area (Å²) in [6.45, 7) is 4.20. The Kier molecular flexibility index (Phi) is 68.0. The average Bonchev–Trinajstić information content (AvgIpc) is 2.14. The van der Waals surface area contributed by atoms with Gasteiger partial charge >= 0.3 is 19.8 Å². The number of hydrogen-bond acceptors (Lipinski definition) is 7. The number of phosphoric acid groups is 1. The van der Waals surface area contributed by atoms with E-state index in [0.29, 0.717) is 17.4 Å². The van der Waals surface area contributed by atoms with Crippen LogP contribution >= 0.6 is 7.82 Å². The van der Waals surface area contributed by atoms with Gasteiger partial charge in [0.05, 0.1) is 27.7 Å². The number of hydrogen-bond donors (Lipinski definition) is 1. The lowest BCUT2D eigenvalue weighted by Crippen LogP contribution is -2.37. The zero-order chi connectivity index (χ0) is 66.9. The predicted octanol–water partition coefficient (Wildman–Crippen LogP) is 24.9. The lowest BCUT2D eigenvalue weighted by Gasteiger charge is -2.24. The van der Waals surface area contributed by atoms with E-state index in [9.17, 15) is 19.0 Å². The molecule has 0 aromatic heterocycles. The smallest absolute Gasteiger partial charge is 0.462 e. The number of likely N-dealkylation sites (N-methyl/N-ethyl adjacent to an activating group) is 1. The summed E-state index contributed by atoms with van der Waals surface area (Å²) in [5, 5.41) is 0. The first-order valence-electron chi connectivity index (χ1n) is 37.6. The Bertz CT molecular complexity index is 2070. The molecule has 1 N–H and O–H groups in total. The molecule has 0 saturated carbocycles. The number of unbranched alkanes of at least 4 members (excludes halogenated alkanes) is 30. The lowest BCUT2D eigenvalue weighted by molar-refractivity contribution is -0.870. The van der Waals surface area contributed by atoms with E-state index in [1.165, 1.54) is 148 Å². The van der Waals surface area contributed by atoms with Crippen molar-refractivity contribution in [3.05, 3.63) is 146 Å². The zero-order valence-corrected chi connectivity index (χ0v) is 60.9. The number of ether oxygens (including phenoxy) is 2. The molecule has 0 amide bonds. The quantitative estimate of drug-likeness (QED) is 0.0211. The predicted molar refractivity (Wildman–Crippen MR) is 399 cm³/mol. The molecule has 0 radical (unpaired) electrons. The van der Waals surface area contributed by atoms with E-state index < -0.39 is 26.5 Å². The third kappa shape index (κ3) is 74.9. The summed E-state index contributed by atoms with van der Waals surface area (Å²) in [6, 6.07) is 0. The summed E-state index contributed by atoms with van der Waals surface area (Å²) in [5.74, 6) is -0.817. The molecule has 526 valence electrons. The van der Waals surface area contributed by atoms with Crippen molar-refractivity contribution in [1.29, 1.82) is 0 Å². The van der Waals surface area contributed by atoms with Gasteiger partial charge in [0.1, 0.15) is 19.8 Å². The summed E-state index contributed by atoms with van der Waals surface area (Å²) in [4.78, 5) is 35.9. The van der Waals surface area contributed by atoms with Gasteiger partial charge in [-0.25, -0.2) is 4.57 Å². The van der Waals surface area contributed by atoms with Crippen LogP contribution in [0.5, 0.6) is 0 Å². The van der Waals surface area contributed by atoms with Crippen molar-refractivity contribution in [3.63, 3.8) is 0 Å². The minimum atomic E-state index is -4.41. The number of nitrogens with zero attached hydrogens (tertiary/aromatic N) is 1. The fourth-order valence-electron chi connectivity index (χ4n) is 10.2. The van der Waals surface area contributed by atoms with Crippen molar-refractivity contribution in [2.45, 2.75) is 315 Å². The fourth-order valence-corrected chi connectivity index (χ4v) is 10.9. The topological polar surface area (TPSA) is 108 Å². The average molecular weight is 1300 g/mol. The van der Waals surface area contributed by atoms with Crippen LogP contribution in [-0.4, -0.2) is 74.9 Å². The monoisotopic (exact) mass is 1300 g/mol. The van der Waals surface area contributed by atoms with Crippen molar-refractivity contribution < 1.29 is 42.1 Å². The van der Waals surface area contributed by atoms with Gasteiger partial charge in [-0.2, -0.15) is 0 Å². The van der Waals surface area contributed by atoms with Gasteiger partial charge in [-0.05, 0) is 116 Å². The van der Waals surface area contributed by atoms with Gasteiger partial charge in [-0.15, -0.1) is 0 Å². The van der Waals surface area contributed by atoms with Crippen LogP contribution in [0.25, 0.3) is 0 Å². The Morgan fingerprint density at radius 3 is 0.870 bits per heavy atom. The molecule has 0 rings (SSSR count). The second-order valence-electron chi connectivity index (χ2n) is 25.9. The molecule has 0 spiro atoms. The van der Waals surface area contributed by atoms with E-state index in [4.69, 9.17) is 18.5 Å². The van der Waals surface area contributed by atoms with E-state index in [1.54, 1.807) is 0 Å². The molecule has 92 heavy (non-hydrogen) atoms. The first-order valence-corrected chi connectivity index (χ1v) is 39.1. The largest absolute Gasteiger partial charge is 0.472 e. The summed E-state index contributed by atoms with van der Waals surface area (Å²) in [6.07, 6.45) is 105. The maximum absolute atomic E-state index is 12.9. The molecule has 0 fully saturated rings. The molecule has 0 heterocycles. The highest BCUT2D eigenvalue weighted by atomic mass is 31.2. The molecule has 2 unspecified atom stereocenters. The number of carbonyl (C=O) groups is 2. The molecule has 0 aromatic carbocycles. The Labute approximate surface area is 567 Å². The maximum atomic E-state index is 12.9.